The number of halogens is 1. The van der Waals surface area contributed by atoms with Crippen molar-refractivity contribution in [3.63, 3.8) is 0 Å². The van der Waals surface area contributed by atoms with Crippen LogP contribution in [0.25, 0.3) is 0 Å². The van der Waals surface area contributed by atoms with E-state index in [0.717, 1.165) is 19.6 Å². The zero-order chi connectivity index (χ0) is 11.5. The summed E-state index contributed by atoms with van der Waals surface area (Å²) in [4.78, 5) is 0. The van der Waals surface area contributed by atoms with Crippen LogP contribution in [0.4, 0.5) is 0 Å². The summed E-state index contributed by atoms with van der Waals surface area (Å²) in [6, 6.07) is 6.81. The number of benzene rings is 1. The Morgan fingerprint density at radius 1 is 1.50 bits per heavy atom. The van der Waals surface area contributed by atoms with Crippen molar-refractivity contribution in [3.8, 4) is 0 Å². The maximum atomic E-state index is 5.48. The Kier molecular flexibility index (Phi) is 4.00. The molecule has 1 saturated heterocycles. The normalized spacial score (nSPS) is 22.3. The van der Waals surface area contributed by atoms with E-state index >= 15 is 0 Å². The van der Waals surface area contributed by atoms with Crippen LogP contribution in [0.15, 0.2) is 22.7 Å². The molecule has 0 aromatic heterocycles. The quantitative estimate of drug-likeness (QED) is 0.921. The Balaban J connectivity index is 2.28. The lowest BCUT2D eigenvalue weighted by Crippen LogP contribution is -2.26. The lowest BCUT2D eigenvalue weighted by atomic mass is 9.90. The molecule has 0 saturated carbocycles. The molecule has 2 rings (SSSR count). The van der Waals surface area contributed by atoms with Crippen LogP contribution in [0.5, 0.6) is 0 Å². The summed E-state index contributed by atoms with van der Waals surface area (Å²) in [5.74, 6) is 0.595. The standard InChI is InChI=1S/C13H18BrNO/c1-9-11(4-3-5-12(9)14)13(15-2)10-6-7-16-8-10/h3-5,10,13,15H,6-8H2,1-2H3. The second-order valence-electron chi connectivity index (χ2n) is 4.34. The fourth-order valence-electron chi connectivity index (χ4n) is 2.42. The third kappa shape index (κ3) is 2.31. The first kappa shape index (κ1) is 12.1. The first-order valence-electron chi connectivity index (χ1n) is 5.74. The largest absolute Gasteiger partial charge is 0.381 e. The van der Waals surface area contributed by atoms with Crippen molar-refractivity contribution in [3.05, 3.63) is 33.8 Å². The van der Waals surface area contributed by atoms with Crippen molar-refractivity contribution in [2.24, 2.45) is 5.92 Å². The van der Waals surface area contributed by atoms with Gasteiger partial charge in [-0.2, -0.15) is 0 Å². The second-order valence-corrected chi connectivity index (χ2v) is 5.20. The highest BCUT2D eigenvalue weighted by atomic mass is 79.9. The highest BCUT2D eigenvalue weighted by molar-refractivity contribution is 9.10. The first-order valence-corrected chi connectivity index (χ1v) is 6.53. The molecule has 88 valence electrons. The second kappa shape index (κ2) is 5.30. The molecule has 0 aliphatic carbocycles. The van der Waals surface area contributed by atoms with Crippen LogP contribution in [0.1, 0.15) is 23.6 Å². The van der Waals surface area contributed by atoms with E-state index < -0.39 is 0 Å². The molecule has 1 fully saturated rings. The Hall–Kier alpha value is -0.380. The Labute approximate surface area is 106 Å². The number of ether oxygens (including phenoxy) is 1. The fraction of sp³-hybridized carbons (Fsp3) is 0.538. The van der Waals surface area contributed by atoms with Crippen LogP contribution in [0.2, 0.25) is 0 Å². The minimum atomic E-state index is 0.403. The van der Waals surface area contributed by atoms with Gasteiger partial charge >= 0.3 is 0 Å². The van der Waals surface area contributed by atoms with E-state index in [0.29, 0.717) is 12.0 Å². The summed E-state index contributed by atoms with van der Waals surface area (Å²) in [5.41, 5.74) is 2.71. The van der Waals surface area contributed by atoms with Gasteiger partial charge in [0.25, 0.3) is 0 Å². The molecular weight excluding hydrogens is 266 g/mol. The number of hydrogen-bond acceptors (Lipinski definition) is 2. The van der Waals surface area contributed by atoms with E-state index in [-0.39, 0.29) is 0 Å². The molecule has 1 aliphatic heterocycles. The summed E-state index contributed by atoms with van der Waals surface area (Å²) < 4.78 is 6.66. The van der Waals surface area contributed by atoms with Gasteiger partial charge in [0, 0.05) is 23.0 Å². The predicted molar refractivity (Wildman–Crippen MR) is 69.6 cm³/mol. The van der Waals surface area contributed by atoms with Crippen molar-refractivity contribution in [2.45, 2.75) is 19.4 Å². The molecule has 1 aromatic carbocycles. The van der Waals surface area contributed by atoms with Gasteiger partial charge in [0.1, 0.15) is 0 Å². The predicted octanol–water partition coefficient (Wildman–Crippen LogP) is 3.05. The summed E-state index contributed by atoms with van der Waals surface area (Å²) in [7, 11) is 2.03. The van der Waals surface area contributed by atoms with Gasteiger partial charge in [-0.3, -0.25) is 0 Å². The van der Waals surface area contributed by atoms with Crippen LogP contribution in [0.3, 0.4) is 0 Å². The third-order valence-corrected chi connectivity index (χ3v) is 4.25. The number of rotatable bonds is 3. The Bertz CT molecular complexity index is 361. The highest BCUT2D eigenvalue weighted by Gasteiger charge is 2.26. The van der Waals surface area contributed by atoms with Gasteiger partial charge in [0.05, 0.1) is 6.61 Å². The average Bonchev–Trinajstić information content (AvgIpc) is 2.79. The van der Waals surface area contributed by atoms with Crippen molar-refractivity contribution in [1.29, 1.82) is 0 Å². The summed E-state index contributed by atoms with van der Waals surface area (Å²) in [6.07, 6.45) is 1.15. The summed E-state index contributed by atoms with van der Waals surface area (Å²) >= 11 is 3.59. The van der Waals surface area contributed by atoms with Gasteiger partial charge in [0.2, 0.25) is 0 Å². The number of hydrogen-bond donors (Lipinski definition) is 1. The van der Waals surface area contributed by atoms with Gasteiger partial charge in [-0.05, 0) is 37.6 Å². The van der Waals surface area contributed by atoms with E-state index in [2.05, 4.69) is 46.4 Å². The van der Waals surface area contributed by atoms with E-state index in [4.69, 9.17) is 4.74 Å². The zero-order valence-electron chi connectivity index (χ0n) is 9.79. The minimum absolute atomic E-state index is 0.403. The van der Waals surface area contributed by atoms with Crippen LogP contribution in [-0.2, 0) is 4.74 Å². The average molecular weight is 284 g/mol. The lowest BCUT2D eigenvalue weighted by Gasteiger charge is -2.24. The van der Waals surface area contributed by atoms with E-state index in [1.54, 1.807) is 0 Å². The van der Waals surface area contributed by atoms with Crippen molar-refractivity contribution in [2.75, 3.05) is 20.3 Å². The smallest absolute Gasteiger partial charge is 0.0513 e. The molecule has 1 heterocycles. The van der Waals surface area contributed by atoms with E-state index in [9.17, 15) is 0 Å². The molecule has 1 aliphatic rings. The topological polar surface area (TPSA) is 21.3 Å². The molecule has 2 atom stereocenters. The monoisotopic (exact) mass is 283 g/mol. The van der Waals surface area contributed by atoms with Crippen LogP contribution in [-0.4, -0.2) is 20.3 Å². The van der Waals surface area contributed by atoms with E-state index in [1.807, 2.05) is 7.05 Å². The molecule has 2 unspecified atom stereocenters. The van der Waals surface area contributed by atoms with Crippen LogP contribution < -0.4 is 5.32 Å². The minimum Gasteiger partial charge on any atom is -0.381 e. The molecule has 2 nitrogen and oxygen atoms in total. The SMILES string of the molecule is CNC(c1cccc(Br)c1C)C1CCOC1. The van der Waals surface area contributed by atoms with Crippen LogP contribution in [0, 0.1) is 12.8 Å². The van der Waals surface area contributed by atoms with Crippen molar-refractivity contribution in [1.82, 2.24) is 5.32 Å². The Morgan fingerprint density at radius 2 is 2.31 bits per heavy atom. The molecule has 3 heteroatoms. The first-order chi connectivity index (χ1) is 7.74. The lowest BCUT2D eigenvalue weighted by molar-refractivity contribution is 0.177. The third-order valence-electron chi connectivity index (χ3n) is 3.39. The fourth-order valence-corrected chi connectivity index (χ4v) is 2.80. The van der Waals surface area contributed by atoms with Crippen molar-refractivity contribution < 1.29 is 4.74 Å². The number of nitrogens with one attached hydrogen (secondary N) is 1. The van der Waals surface area contributed by atoms with Gasteiger partial charge in [-0.1, -0.05) is 28.1 Å². The summed E-state index contributed by atoms with van der Waals surface area (Å²) in [5, 5.41) is 3.43. The van der Waals surface area contributed by atoms with Gasteiger partial charge in [0.15, 0.2) is 0 Å². The molecule has 16 heavy (non-hydrogen) atoms. The molecule has 0 amide bonds. The molecule has 0 radical (unpaired) electrons. The maximum Gasteiger partial charge on any atom is 0.0513 e. The van der Waals surface area contributed by atoms with Crippen molar-refractivity contribution >= 4 is 15.9 Å². The van der Waals surface area contributed by atoms with Gasteiger partial charge in [-0.25, -0.2) is 0 Å². The molecule has 1 N–H and O–H groups in total. The van der Waals surface area contributed by atoms with Crippen LogP contribution >= 0.6 is 15.9 Å². The highest BCUT2D eigenvalue weighted by Crippen LogP contribution is 2.32. The maximum absolute atomic E-state index is 5.48. The molecular formula is C13H18BrNO. The molecule has 1 aromatic rings. The zero-order valence-corrected chi connectivity index (χ0v) is 11.4. The van der Waals surface area contributed by atoms with Gasteiger partial charge in [-0.15, -0.1) is 0 Å². The molecule has 0 spiro atoms. The van der Waals surface area contributed by atoms with E-state index in [1.165, 1.54) is 15.6 Å². The van der Waals surface area contributed by atoms with Gasteiger partial charge < -0.3 is 10.1 Å². The Morgan fingerprint density at radius 3 is 2.94 bits per heavy atom. The summed E-state index contributed by atoms with van der Waals surface area (Å²) in [6.45, 7) is 3.94. The molecule has 0 bridgehead atoms.